The van der Waals surface area contributed by atoms with Gasteiger partial charge in [0, 0.05) is 48.6 Å². The predicted octanol–water partition coefficient (Wildman–Crippen LogP) is 3.47. The minimum atomic E-state index is -0.386. The Morgan fingerprint density at radius 2 is 2.04 bits per heavy atom. The number of rotatable bonds is 4. The Morgan fingerprint density at radius 1 is 1.21 bits per heavy atom. The van der Waals surface area contributed by atoms with Crippen molar-refractivity contribution in [3.8, 4) is 0 Å². The monoisotopic (exact) mass is 397 g/mol. The van der Waals surface area contributed by atoms with E-state index in [0.717, 1.165) is 56.5 Å². The number of morpholine rings is 1. The van der Waals surface area contributed by atoms with Crippen molar-refractivity contribution in [2.45, 2.75) is 20.4 Å². The number of aromatic nitrogens is 1. The first-order valence-electron chi connectivity index (χ1n) is 9.81. The van der Waals surface area contributed by atoms with E-state index >= 15 is 0 Å². The van der Waals surface area contributed by atoms with Crippen LogP contribution in [0.5, 0.6) is 0 Å². The molecule has 4 rings (SSSR count). The number of pyridine rings is 1. The average Bonchev–Trinajstić information content (AvgIpc) is 3.19. The van der Waals surface area contributed by atoms with E-state index in [-0.39, 0.29) is 11.2 Å². The fourth-order valence-electron chi connectivity index (χ4n) is 3.95. The van der Waals surface area contributed by atoms with E-state index in [4.69, 9.17) is 9.72 Å². The summed E-state index contributed by atoms with van der Waals surface area (Å²) >= 11 is 1.77. The van der Waals surface area contributed by atoms with Gasteiger partial charge in [0.25, 0.3) is 0 Å². The Kier molecular flexibility index (Phi) is 5.62. The van der Waals surface area contributed by atoms with Crippen LogP contribution in [0.25, 0.3) is 6.08 Å². The normalized spacial score (nSPS) is 22.0. The summed E-state index contributed by atoms with van der Waals surface area (Å²) < 4.78 is 5.43. The maximum Gasteiger partial charge on any atom is 0.167 e. The van der Waals surface area contributed by atoms with Gasteiger partial charge in [-0.15, -0.1) is 11.3 Å². The Bertz CT molecular complexity index is 854. The maximum absolute atomic E-state index is 13.0. The van der Waals surface area contributed by atoms with Crippen molar-refractivity contribution >= 4 is 29.0 Å². The molecule has 2 aromatic heterocycles. The summed E-state index contributed by atoms with van der Waals surface area (Å²) in [5.74, 6) is 1.18. The van der Waals surface area contributed by atoms with Gasteiger partial charge in [0.05, 0.1) is 18.9 Å². The quantitative estimate of drug-likeness (QED) is 0.739. The summed E-state index contributed by atoms with van der Waals surface area (Å²) in [6, 6.07) is 10.3. The van der Waals surface area contributed by atoms with Gasteiger partial charge in [0.1, 0.15) is 5.82 Å². The molecule has 28 heavy (non-hydrogen) atoms. The fraction of sp³-hybridized carbons (Fsp3) is 0.455. The van der Waals surface area contributed by atoms with Gasteiger partial charge in [-0.3, -0.25) is 9.69 Å². The van der Waals surface area contributed by atoms with Gasteiger partial charge >= 0.3 is 0 Å². The molecule has 0 unspecified atom stereocenters. The van der Waals surface area contributed by atoms with Crippen LogP contribution in [0.4, 0.5) is 5.82 Å². The van der Waals surface area contributed by atoms with Gasteiger partial charge in [-0.05, 0) is 29.7 Å². The third kappa shape index (κ3) is 4.35. The Morgan fingerprint density at radius 3 is 2.79 bits per heavy atom. The maximum atomic E-state index is 13.0. The fourth-order valence-corrected chi connectivity index (χ4v) is 4.69. The molecular weight excluding hydrogens is 370 g/mol. The van der Waals surface area contributed by atoms with E-state index in [2.05, 4.69) is 27.3 Å². The zero-order chi connectivity index (χ0) is 19.6. The first kappa shape index (κ1) is 19.3. The second-order valence-electron chi connectivity index (χ2n) is 8.13. The van der Waals surface area contributed by atoms with E-state index in [1.807, 2.05) is 38.1 Å². The van der Waals surface area contributed by atoms with Crippen molar-refractivity contribution in [3.63, 3.8) is 0 Å². The molecule has 0 spiro atoms. The number of likely N-dealkylation sites (tertiary alicyclic amines) is 1. The number of hydrogen-bond acceptors (Lipinski definition) is 6. The molecule has 148 valence electrons. The van der Waals surface area contributed by atoms with Gasteiger partial charge in [-0.25, -0.2) is 4.98 Å². The number of ketones is 1. The van der Waals surface area contributed by atoms with Crippen LogP contribution < -0.4 is 4.90 Å². The molecule has 2 saturated heterocycles. The molecule has 4 heterocycles. The number of nitrogens with zero attached hydrogens (tertiary/aromatic N) is 3. The van der Waals surface area contributed by atoms with Gasteiger partial charge in [0.15, 0.2) is 5.78 Å². The molecule has 0 amide bonds. The highest BCUT2D eigenvalue weighted by Crippen LogP contribution is 2.31. The van der Waals surface area contributed by atoms with Crippen LogP contribution in [-0.2, 0) is 16.1 Å². The van der Waals surface area contributed by atoms with Crippen LogP contribution in [0.1, 0.15) is 24.4 Å². The number of piperidine rings is 1. The highest BCUT2D eigenvalue weighted by Gasteiger charge is 2.37. The minimum absolute atomic E-state index is 0.230. The molecule has 0 N–H and O–H groups in total. The number of hydrogen-bond donors (Lipinski definition) is 0. The summed E-state index contributed by atoms with van der Waals surface area (Å²) in [5, 5.41) is 2.10. The lowest BCUT2D eigenvalue weighted by atomic mass is 9.79. The van der Waals surface area contributed by atoms with Crippen molar-refractivity contribution in [1.29, 1.82) is 0 Å². The average molecular weight is 398 g/mol. The van der Waals surface area contributed by atoms with Crippen molar-refractivity contribution in [2.24, 2.45) is 5.41 Å². The highest BCUT2D eigenvalue weighted by atomic mass is 32.1. The number of ether oxygens (including phenoxy) is 1. The van der Waals surface area contributed by atoms with E-state index in [1.165, 1.54) is 4.88 Å². The second-order valence-corrected chi connectivity index (χ2v) is 9.16. The Hall–Kier alpha value is -2.02. The van der Waals surface area contributed by atoms with E-state index in [9.17, 15) is 4.79 Å². The third-order valence-corrected chi connectivity index (χ3v) is 6.15. The van der Waals surface area contributed by atoms with Gasteiger partial charge < -0.3 is 9.64 Å². The molecule has 0 radical (unpaired) electrons. The summed E-state index contributed by atoms with van der Waals surface area (Å²) in [5.41, 5.74) is 1.31. The molecule has 0 bridgehead atoms. The van der Waals surface area contributed by atoms with Crippen molar-refractivity contribution in [3.05, 3.63) is 51.9 Å². The second kappa shape index (κ2) is 8.15. The summed E-state index contributed by atoms with van der Waals surface area (Å²) in [6.07, 6.45) is 1.98. The molecule has 2 aliphatic heterocycles. The van der Waals surface area contributed by atoms with Crippen LogP contribution >= 0.6 is 11.3 Å². The molecular formula is C22H27N3O2S. The summed E-state index contributed by atoms with van der Waals surface area (Å²) in [4.78, 5) is 23.8. The van der Waals surface area contributed by atoms with Gasteiger partial charge in [-0.2, -0.15) is 0 Å². The zero-order valence-corrected chi connectivity index (χ0v) is 17.4. The Balaban J connectivity index is 1.57. The molecule has 6 heteroatoms. The topological polar surface area (TPSA) is 45.7 Å². The first-order valence-corrected chi connectivity index (χ1v) is 10.7. The molecule has 5 nitrogen and oxygen atoms in total. The van der Waals surface area contributed by atoms with Crippen molar-refractivity contribution < 1.29 is 9.53 Å². The molecule has 0 saturated carbocycles. The molecule has 0 atom stereocenters. The van der Waals surface area contributed by atoms with E-state index < -0.39 is 0 Å². The highest BCUT2D eigenvalue weighted by molar-refractivity contribution is 7.09. The first-order chi connectivity index (χ1) is 13.5. The lowest BCUT2D eigenvalue weighted by Crippen LogP contribution is -2.47. The van der Waals surface area contributed by atoms with Crippen LogP contribution in [0.2, 0.25) is 0 Å². The van der Waals surface area contributed by atoms with Crippen LogP contribution in [-0.4, -0.2) is 55.1 Å². The van der Waals surface area contributed by atoms with Crippen LogP contribution in [0, 0.1) is 5.41 Å². The third-order valence-electron chi connectivity index (χ3n) is 5.29. The Labute approximate surface area is 170 Å². The molecule has 2 aliphatic rings. The minimum Gasteiger partial charge on any atom is -0.378 e. The molecule has 2 fully saturated rings. The predicted molar refractivity (Wildman–Crippen MR) is 114 cm³/mol. The number of Topliss-reactive ketones (excluding diaryl/α,β-unsaturated/α-hetero) is 1. The molecule has 2 aromatic rings. The van der Waals surface area contributed by atoms with E-state index in [1.54, 1.807) is 11.3 Å². The number of anilines is 1. The van der Waals surface area contributed by atoms with Crippen LogP contribution in [0.3, 0.4) is 0 Å². The molecule has 0 aliphatic carbocycles. The number of carbonyl (C=O) groups is 1. The van der Waals surface area contributed by atoms with Crippen LogP contribution in [0.15, 0.2) is 41.3 Å². The van der Waals surface area contributed by atoms with Gasteiger partial charge in [-0.1, -0.05) is 26.0 Å². The van der Waals surface area contributed by atoms with Crippen molar-refractivity contribution in [2.75, 3.05) is 44.3 Å². The molecule has 0 aromatic carbocycles. The standard InChI is InChI=1S/C22H27N3O2S/c1-22(2)16-24(15-19-6-4-12-28-19)14-17(21(22)26)13-18-5-3-7-20(23-18)25-8-10-27-11-9-25/h3-7,12-13H,8-11,14-16H2,1-2H3/b17-13-. The number of thiophene rings is 1. The summed E-state index contributed by atoms with van der Waals surface area (Å²) in [6.45, 7) is 9.59. The largest absolute Gasteiger partial charge is 0.378 e. The van der Waals surface area contributed by atoms with Crippen molar-refractivity contribution in [1.82, 2.24) is 9.88 Å². The summed E-state index contributed by atoms with van der Waals surface area (Å²) in [7, 11) is 0. The zero-order valence-electron chi connectivity index (χ0n) is 16.6. The van der Waals surface area contributed by atoms with Gasteiger partial charge in [0.2, 0.25) is 0 Å². The lowest BCUT2D eigenvalue weighted by Gasteiger charge is -2.38. The number of carbonyl (C=O) groups excluding carboxylic acids is 1. The lowest BCUT2D eigenvalue weighted by molar-refractivity contribution is -0.126. The smallest absolute Gasteiger partial charge is 0.167 e. The van der Waals surface area contributed by atoms with E-state index in [0.29, 0.717) is 6.54 Å². The SMILES string of the molecule is CC1(C)CN(Cc2cccs2)C/C(=C/c2cccc(N3CCOCC3)n2)C1=O.